The summed E-state index contributed by atoms with van der Waals surface area (Å²) >= 11 is 2.18. The molecule has 0 amide bonds. The van der Waals surface area contributed by atoms with Crippen molar-refractivity contribution in [3.05, 3.63) is 15.0 Å². The molecule has 0 spiro atoms. The first kappa shape index (κ1) is 14.7. The molecule has 1 heterocycles. The lowest BCUT2D eigenvalue weighted by molar-refractivity contribution is -0.325. The van der Waals surface area contributed by atoms with Gasteiger partial charge < -0.3 is 0 Å². The Morgan fingerprint density at radius 2 is 1.94 bits per heavy atom. The highest BCUT2D eigenvalue weighted by Crippen LogP contribution is 2.19. The molecule has 0 bridgehead atoms. The minimum absolute atomic E-state index is 0.124. The summed E-state index contributed by atoms with van der Waals surface area (Å²) in [6, 6.07) is 0. The maximum absolute atomic E-state index is 11.8. The average molecular weight is 362 g/mol. The standard InChI is InChI=1S/C10H14F3IN2O/c1-3-7-9(14)8(4-2)16(15-7)5-6-17-10(11,12)13/h3-6H2,1-2H3. The number of alkyl halides is 3. The van der Waals surface area contributed by atoms with E-state index in [4.69, 9.17) is 0 Å². The van der Waals surface area contributed by atoms with Crippen LogP contribution >= 0.6 is 22.6 Å². The fourth-order valence-electron chi connectivity index (χ4n) is 1.53. The molecule has 0 atom stereocenters. The van der Waals surface area contributed by atoms with Gasteiger partial charge in [0.1, 0.15) is 0 Å². The molecule has 1 rings (SSSR count). The van der Waals surface area contributed by atoms with Crippen molar-refractivity contribution in [2.45, 2.75) is 39.6 Å². The smallest absolute Gasteiger partial charge is 0.290 e. The van der Waals surface area contributed by atoms with Crippen LogP contribution in [0.25, 0.3) is 0 Å². The molecule has 0 aliphatic carbocycles. The number of aromatic nitrogens is 2. The minimum Gasteiger partial charge on any atom is -0.290 e. The highest BCUT2D eigenvalue weighted by atomic mass is 127. The highest BCUT2D eigenvalue weighted by Gasteiger charge is 2.28. The molecule has 0 aromatic carbocycles. The van der Waals surface area contributed by atoms with Gasteiger partial charge in [-0.25, -0.2) is 0 Å². The lowest BCUT2D eigenvalue weighted by atomic mass is 10.2. The molecule has 3 nitrogen and oxygen atoms in total. The Labute approximate surface area is 111 Å². The molecule has 0 aliphatic heterocycles. The number of nitrogens with zero attached hydrogens (tertiary/aromatic N) is 2. The summed E-state index contributed by atoms with van der Waals surface area (Å²) < 4.78 is 41.9. The zero-order valence-corrected chi connectivity index (χ0v) is 11.8. The van der Waals surface area contributed by atoms with Crippen molar-refractivity contribution in [3.63, 3.8) is 0 Å². The minimum atomic E-state index is -4.57. The Balaban J connectivity index is 2.70. The van der Waals surface area contributed by atoms with E-state index >= 15 is 0 Å². The van der Waals surface area contributed by atoms with Crippen LogP contribution in [0.5, 0.6) is 0 Å². The Morgan fingerprint density at radius 3 is 2.41 bits per heavy atom. The van der Waals surface area contributed by atoms with Gasteiger partial charge in [0.25, 0.3) is 0 Å². The molecule has 0 unspecified atom stereocenters. The summed E-state index contributed by atoms with van der Waals surface area (Å²) in [5.41, 5.74) is 1.89. The van der Waals surface area contributed by atoms with Crippen LogP contribution in [0.4, 0.5) is 13.2 Å². The number of aryl methyl sites for hydroxylation is 1. The van der Waals surface area contributed by atoms with Gasteiger partial charge in [-0.3, -0.25) is 9.42 Å². The Hall–Kier alpha value is -0.310. The molecule has 98 valence electrons. The van der Waals surface area contributed by atoms with E-state index in [9.17, 15) is 13.2 Å². The maximum atomic E-state index is 11.8. The molecule has 0 N–H and O–H groups in total. The van der Waals surface area contributed by atoms with Gasteiger partial charge in [0.05, 0.1) is 28.1 Å². The van der Waals surface area contributed by atoms with Crippen LogP contribution < -0.4 is 0 Å². The van der Waals surface area contributed by atoms with E-state index in [1.807, 2.05) is 13.8 Å². The summed E-state index contributed by atoms with van der Waals surface area (Å²) in [4.78, 5) is 0. The average Bonchev–Trinajstić information content (AvgIpc) is 2.53. The molecular weight excluding hydrogens is 348 g/mol. The monoisotopic (exact) mass is 362 g/mol. The van der Waals surface area contributed by atoms with Crippen molar-refractivity contribution in [2.24, 2.45) is 0 Å². The van der Waals surface area contributed by atoms with Gasteiger partial charge in [0.15, 0.2) is 0 Å². The van der Waals surface area contributed by atoms with Gasteiger partial charge >= 0.3 is 6.36 Å². The lowest BCUT2D eigenvalue weighted by Gasteiger charge is -2.09. The second-order valence-corrected chi connectivity index (χ2v) is 4.51. The summed E-state index contributed by atoms with van der Waals surface area (Å²) in [6.45, 7) is 3.65. The van der Waals surface area contributed by atoms with Crippen molar-refractivity contribution in [1.82, 2.24) is 9.78 Å². The number of hydrogen-bond donors (Lipinski definition) is 0. The summed E-state index contributed by atoms with van der Waals surface area (Å²) in [6.07, 6.45) is -3.05. The third kappa shape index (κ3) is 4.13. The van der Waals surface area contributed by atoms with Crippen molar-refractivity contribution >= 4 is 22.6 Å². The van der Waals surface area contributed by atoms with Crippen LogP contribution in [0, 0.1) is 3.57 Å². The normalized spacial score (nSPS) is 12.1. The van der Waals surface area contributed by atoms with Gasteiger partial charge in [0.2, 0.25) is 0 Å². The predicted molar refractivity (Wildman–Crippen MR) is 65.7 cm³/mol. The van der Waals surface area contributed by atoms with Crippen LogP contribution in [-0.2, 0) is 24.1 Å². The maximum Gasteiger partial charge on any atom is 0.522 e. The first-order valence-electron chi connectivity index (χ1n) is 5.33. The van der Waals surface area contributed by atoms with E-state index in [-0.39, 0.29) is 6.54 Å². The lowest BCUT2D eigenvalue weighted by Crippen LogP contribution is -2.18. The van der Waals surface area contributed by atoms with E-state index in [0.717, 1.165) is 27.8 Å². The molecule has 1 aromatic rings. The van der Waals surface area contributed by atoms with Crippen LogP contribution in [0.3, 0.4) is 0 Å². The molecule has 0 radical (unpaired) electrons. The summed E-state index contributed by atoms with van der Waals surface area (Å²) in [5, 5.41) is 4.28. The number of hydrogen-bond acceptors (Lipinski definition) is 2. The third-order valence-electron chi connectivity index (χ3n) is 2.30. The second-order valence-electron chi connectivity index (χ2n) is 3.43. The van der Waals surface area contributed by atoms with Crippen molar-refractivity contribution in [2.75, 3.05) is 6.61 Å². The molecule has 0 saturated heterocycles. The van der Waals surface area contributed by atoms with Crippen molar-refractivity contribution < 1.29 is 17.9 Å². The fraction of sp³-hybridized carbons (Fsp3) is 0.700. The van der Waals surface area contributed by atoms with E-state index in [1.165, 1.54) is 0 Å². The van der Waals surface area contributed by atoms with Crippen LogP contribution in [0.1, 0.15) is 25.2 Å². The summed E-state index contributed by atoms with van der Waals surface area (Å²) in [5.74, 6) is 0. The van der Waals surface area contributed by atoms with E-state index in [1.54, 1.807) is 4.68 Å². The highest BCUT2D eigenvalue weighted by molar-refractivity contribution is 14.1. The molecular formula is C10H14F3IN2O. The number of halogens is 4. The molecule has 7 heteroatoms. The SMILES string of the molecule is CCc1nn(CCOC(F)(F)F)c(CC)c1I. The predicted octanol–water partition coefficient (Wildman–Crippen LogP) is 3.15. The Morgan fingerprint density at radius 1 is 1.29 bits per heavy atom. The zero-order chi connectivity index (χ0) is 13.1. The number of ether oxygens (including phenoxy) is 1. The van der Waals surface area contributed by atoms with Gasteiger partial charge in [-0.2, -0.15) is 5.10 Å². The molecule has 0 aliphatic rings. The molecule has 0 fully saturated rings. The first-order chi connectivity index (χ1) is 7.89. The first-order valence-corrected chi connectivity index (χ1v) is 6.41. The molecule has 17 heavy (non-hydrogen) atoms. The van der Waals surface area contributed by atoms with Gasteiger partial charge in [-0.15, -0.1) is 13.2 Å². The second kappa shape index (κ2) is 6.03. The molecule has 1 aromatic heterocycles. The largest absolute Gasteiger partial charge is 0.522 e. The van der Waals surface area contributed by atoms with E-state index in [0.29, 0.717) is 0 Å². The zero-order valence-electron chi connectivity index (χ0n) is 9.64. The van der Waals surface area contributed by atoms with Crippen LogP contribution in [0.15, 0.2) is 0 Å². The fourth-order valence-corrected chi connectivity index (χ4v) is 2.68. The van der Waals surface area contributed by atoms with Crippen LogP contribution in [-0.4, -0.2) is 22.7 Å². The van der Waals surface area contributed by atoms with Gasteiger partial charge in [-0.1, -0.05) is 13.8 Å². The third-order valence-corrected chi connectivity index (χ3v) is 3.54. The topological polar surface area (TPSA) is 27.1 Å². The Bertz CT molecular complexity index is 376. The van der Waals surface area contributed by atoms with Crippen molar-refractivity contribution in [1.29, 1.82) is 0 Å². The van der Waals surface area contributed by atoms with Crippen molar-refractivity contribution in [3.8, 4) is 0 Å². The quantitative estimate of drug-likeness (QED) is 0.753. The Kier molecular flexibility index (Phi) is 5.23. The van der Waals surface area contributed by atoms with Crippen LogP contribution in [0.2, 0.25) is 0 Å². The summed E-state index contributed by atoms with van der Waals surface area (Å²) in [7, 11) is 0. The number of rotatable bonds is 5. The molecule has 0 saturated carbocycles. The van der Waals surface area contributed by atoms with E-state index in [2.05, 4.69) is 32.4 Å². The van der Waals surface area contributed by atoms with E-state index < -0.39 is 13.0 Å². The van der Waals surface area contributed by atoms with Gasteiger partial charge in [-0.05, 0) is 35.4 Å². The van der Waals surface area contributed by atoms with Gasteiger partial charge in [0, 0.05) is 0 Å².